The Morgan fingerprint density at radius 2 is 1.57 bits per heavy atom. The highest BCUT2D eigenvalue weighted by Gasteiger charge is 2.26. The van der Waals surface area contributed by atoms with Gasteiger partial charge in [0.05, 0.1) is 13.1 Å². The topological polar surface area (TPSA) is 107 Å². The van der Waals surface area contributed by atoms with Crippen LogP contribution >= 0.6 is 0 Å². The number of aryl methyl sites for hydroxylation is 2. The van der Waals surface area contributed by atoms with Crippen molar-refractivity contribution in [2.45, 2.75) is 13.5 Å². The summed E-state index contributed by atoms with van der Waals surface area (Å²) in [5.74, 6) is 1.99. The molecule has 0 saturated carbocycles. The molecule has 0 radical (unpaired) electrons. The number of aromatic nitrogens is 4. The zero-order valence-corrected chi connectivity index (χ0v) is 25.1. The van der Waals surface area contributed by atoms with Crippen molar-refractivity contribution in [2.75, 3.05) is 42.9 Å². The van der Waals surface area contributed by atoms with Gasteiger partial charge in [-0.05, 0) is 48.9 Å². The lowest BCUT2D eigenvalue weighted by atomic mass is 10.1. The van der Waals surface area contributed by atoms with Crippen LogP contribution in [0.15, 0.2) is 88.5 Å². The van der Waals surface area contributed by atoms with Crippen LogP contribution in [0.3, 0.4) is 0 Å². The summed E-state index contributed by atoms with van der Waals surface area (Å²) < 4.78 is 10.3. The highest BCUT2D eigenvalue weighted by Crippen LogP contribution is 2.24. The molecule has 1 saturated heterocycles. The number of piperazine rings is 1. The summed E-state index contributed by atoms with van der Waals surface area (Å²) in [6.45, 7) is 5.24. The Hall–Kier alpha value is -5.16. The molecule has 0 bridgehead atoms. The Morgan fingerprint density at radius 1 is 0.864 bits per heavy atom. The smallest absolute Gasteiger partial charge is 0.332 e. The Balaban J connectivity index is 1.14. The van der Waals surface area contributed by atoms with Crippen molar-refractivity contribution in [1.29, 1.82) is 0 Å². The Bertz CT molecular complexity index is 1920. The van der Waals surface area contributed by atoms with Crippen molar-refractivity contribution < 1.29 is 9.53 Å². The van der Waals surface area contributed by atoms with Crippen molar-refractivity contribution in [2.24, 2.45) is 14.1 Å². The monoisotopic (exact) mass is 593 g/mol. The minimum atomic E-state index is -0.413. The average Bonchev–Trinajstić information content (AvgIpc) is 3.40. The van der Waals surface area contributed by atoms with Crippen LogP contribution < -0.4 is 26.2 Å². The second-order valence-electron chi connectivity index (χ2n) is 11.1. The number of rotatable bonds is 8. The molecule has 0 atom stereocenters. The van der Waals surface area contributed by atoms with E-state index in [1.54, 1.807) is 7.05 Å². The van der Waals surface area contributed by atoms with Gasteiger partial charge in [-0.25, -0.2) is 4.79 Å². The maximum atomic E-state index is 13.3. The predicted octanol–water partition coefficient (Wildman–Crippen LogP) is 3.34. The van der Waals surface area contributed by atoms with Gasteiger partial charge < -0.3 is 15.0 Å². The minimum Gasteiger partial charge on any atom is -0.457 e. The first kappa shape index (κ1) is 28.9. The number of anilines is 2. The normalized spacial score (nSPS) is 13.8. The van der Waals surface area contributed by atoms with Gasteiger partial charge in [-0.3, -0.25) is 28.2 Å². The number of hydrogen-bond acceptors (Lipinski definition) is 7. The standard InChI is InChI=1S/C33H35N7O4/c1-23-8-7-9-24(20-23)21-40-29-30(36(2)33(43)37(3)31(29)42)35-32(40)39-18-16-38(17-19-39)22-28(41)34-25-12-14-27(15-13-25)44-26-10-5-4-6-11-26/h4-15,20H,16-19,21-22H2,1-3H3,(H,34,41). The molecule has 0 spiro atoms. The summed E-state index contributed by atoms with van der Waals surface area (Å²) in [5, 5.41) is 2.97. The van der Waals surface area contributed by atoms with E-state index < -0.39 is 5.69 Å². The van der Waals surface area contributed by atoms with Gasteiger partial charge in [0.2, 0.25) is 11.9 Å². The maximum absolute atomic E-state index is 13.3. The number of nitrogens with one attached hydrogen (secondary N) is 1. The number of carbonyl (C=O) groups excluding carboxylic acids is 1. The summed E-state index contributed by atoms with van der Waals surface area (Å²) in [5.41, 5.74) is 2.84. The van der Waals surface area contributed by atoms with Gasteiger partial charge in [0, 0.05) is 46.0 Å². The van der Waals surface area contributed by atoms with Gasteiger partial charge in [-0.1, -0.05) is 48.0 Å². The van der Waals surface area contributed by atoms with Crippen molar-refractivity contribution in [1.82, 2.24) is 23.6 Å². The maximum Gasteiger partial charge on any atom is 0.332 e. The fourth-order valence-corrected chi connectivity index (χ4v) is 5.56. The number of amides is 1. The first-order valence-corrected chi connectivity index (χ1v) is 14.6. The van der Waals surface area contributed by atoms with Crippen molar-refractivity contribution in [3.05, 3.63) is 111 Å². The van der Waals surface area contributed by atoms with Crippen LogP contribution in [0.5, 0.6) is 11.5 Å². The number of benzene rings is 3. The van der Waals surface area contributed by atoms with Gasteiger partial charge in [0.15, 0.2) is 11.2 Å². The van der Waals surface area contributed by atoms with Crippen LogP contribution in [0.25, 0.3) is 11.2 Å². The summed E-state index contributed by atoms with van der Waals surface area (Å²) in [6, 6.07) is 25.0. The fraction of sp³-hybridized carbons (Fsp3) is 0.273. The summed E-state index contributed by atoms with van der Waals surface area (Å²) in [4.78, 5) is 47.9. The van der Waals surface area contributed by atoms with Gasteiger partial charge in [0.25, 0.3) is 5.56 Å². The van der Waals surface area contributed by atoms with E-state index in [1.165, 1.54) is 11.6 Å². The van der Waals surface area contributed by atoms with Gasteiger partial charge in [0.1, 0.15) is 11.5 Å². The van der Waals surface area contributed by atoms with E-state index in [9.17, 15) is 14.4 Å². The quantitative estimate of drug-likeness (QED) is 0.294. The first-order chi connectivity index (χ1) is 21.3. The van der Waals surface area contributed by atoms with Crippen LogP contribution in [0.2, 0.25) is 0 Å². The number of imidazole rings is 1. The van der Waals surface area contributed by atoms with Crippen molar-refractivity contribution in [3.8, 4) is 11.5 Å². The van der Waals surface area contributed by atoms with E-state index in [2.05, 4.69) is 21.2 Å². The Kier molecular flexibility index (Phi) is 8.03. The molecule has 0 unspecified atom stereocenters. The molecule has 1 aliphatic rings. The lowest BCUT2D eigenvalue weighted by Gasteiger charge is -2.35. The van der Waals surface area contributed by atoms with Crippen molar-refractivity contribution in [3.63, 3.8) is 0 Å². The number of nitrogens with zero attached hydrogens (tertiary/aromatic N) is 6. The largest absolute Gasteiger partial charge is 0.457 e. The molecule has 2 aromatic heterocycles. The summed E-state index contributed by atoms with van der Waals surface area (Å²) >= 11 is 0. The lowest BCUT2D eigenvalue weighted by molar-refractivity contribution is -0.117. The Labute approximate surface area is 254 Å². The molecule has 1 amide bonds. The summed E-state index contributed by atoms with van der Waals surface area (Å²) in [6.07, 6.45) is 0. The zero-order valence-electron chi connectivity index (χ0n) is 25.1. The third-order valence-electron chi connectivity index (χ3n) is 7.89. The van der Waals surface area contributed by atoms with Crippen LogP contribution in [0, 0.1) is 6.92 Å². The predicted molar refractivity (Wildman–Crippen MR) is 171 cm³/mol. The van der Waals surface area contributed by atoms with E-state index in [-0.39, 0.29) is 18.0 Å². The molecule has 226 valence electrons. The molecular weight excluding hydrogens is 558 g/mol. The van der Waals surface area contributed by atoms with Crippen LogP contribution in [-0.2, 0) is 25.4 Å². The average molecular weight is 594 g/mol. The molecule has 1 N–H and O–H groups in total. The molecular formula is C33H35N7O4. The second kappa shape index (κ2) is 12.2. The highest BCUT2D eigenvalue weighted by atomic mass is 16.5. The van der Waals surface area contributed by atoms with Crippen LogP contribution in [-0.4, -0.2) is 62.2 Å². The zero-order chi connectivity index (χ0) is 30.8. The van der Waals surface area contributed by atoms with Gasteiger partial charge in [-0.2, -0.15) is 4.98 Å². The van der Waals surface area contributed by atoms with Gasteiger partial charge in [-0.15, -0.1) is 0 Å². The molecule has 3 heterocycles. The Morgan fingerprint density at radius 3 is 2.27 bits per heavy atom. The number of fused-ring (bicyclic) bond motifs is 1. The lowest BCUT2D eigenvalue weighted by Crippen LogP contribution is -2.49. The van der Waals surface area contributed by atoms with Crippen molar-refractivity contribution >= 4 is 28.7 Å². The number of carbonyl (C=O) groups is 1. The first-order valence-electron chi connectivity index (χ1n) is 14.6. The molecule has 1 aliphatic heterocycles. The SMILES string of the molecule is Cc1cccc(Cn2c(N3CCN(CC(=O)Nc4ccc(Oc5ccccc5)cc4)CC3)nc3c2c(=O)n(C)c(=O)n3C)c1. The summed E-state index contributed by atoms with van der Waals surface area (Å²) in [7, 11) is 3.13. The molecule has 6 rings (SSSR count). The fourth-order valence-electron chi connectivity index (χ4n) is 5.56. The molecule has 0 aliphatic carbocycles. The minimum absolute atomic E-state index is 0.0969. The second-order valence-corrected chi connectivity index (χ2v) is 11.1. The molecule has 44 heavy (non-hydrogen) atoms. The van der Waals surface area contributed by atoms with E-state index in [0.717, 1.165) is 21.4 Å². The number of ether oxygens (including phenoxy) is 1. The van der Waals surface area contributed by atoms with E-state index in [4.69, 9.17) is 9.72 Å². The van der Waals surface area contributed by atoms with E-state index in [1.807, 2.05) is 84.3 Å². The van der Waals surface area contributed by atoms with Gasteiger partial charge >= 0.3 is 5.69 Å². The van der Waals surface area contributed by atoms with E-state index in [0.29, 0.717) is 61.3 Å². The molecule has 11 nitrogen and oxygen atoms in total. The van der Waals surface area contributed by atoms with Crippen LogP contribution in [0.4, 0.5) is 11.6 Å². The molecule has 3 aromatic carbocycles. The molecule has 1 fully saturated rings. The third kappa shape index (κ3) is 6.00. The molecule has 5 aromatic rings. The molecule has 11 heteroatoms. The highest BCUT2D eigenvalue weighted by molar-refractivity contribution is 5.92. The van der Waals surface area contributed by atoms with E-state index >= 15 is 0 Å². The number of para-hydroxylation sites is 1. The number of hydrogen-bond donors (Lipinski definition) is 1. The van der Waals surface area contributed by atoms with Crippen LogP contribution in [0.1, 0.15) is 11.1 Å². The third-order valence-corrected chi connectivity index (χ3v) is 7.89.